The molecule has 0 saturated heterocycles. The molecule has 0 aliphatic carbocycles. The lowest BCUT2D eigenvalue weighted by atomic mass is 10.1. The highest BCUT2D eigenvalue weighted by molar-refractivity contribution is 5.83. The molecule has 32 heavy (non-hydrogen) atoms. The van der Waals surface area contributed by atoms with Gasteiger partial charge >= 0.3 is 0 Å². The maximum absolute atomic E-state index is 12.2. The number of fused-ring (bicyclic) bond motifs is 1. The number of aryl methyl sites for hydroxylation is 2. The molecule has 0 aliphatic rings. The topological polar surface area (TPSA) is 73.6 Å². The summed E-state index contributed by atoms with van der Waals surface area (Å²) >= 11 is 0. The lowest BCUT2D eigenvalue weighted by molar-refractivity contribution is -0.120. The molecule has 1 heterocycles. The van der Waals surface area contributed by atoms with E-state index in [1.807, 2.05) is 68.4 Å². The average molecular weight is 431 g/mol. The van der Waals surface area contributed by atoms with Gasteiger partial charge in [0.2, 0.25) is 5.91 Å². The van der Waals surface area contributed by atoms with Gasteiger partial charge in [0.05, 0.1) is 24.2 Å². The lowest BCUT2D eigenvalue weighted by Crippen LogP contribution is -2.29. The van der Waals surface area contributed by atoms with Gasteiger partial charge in [-0.25, -0.2) is 0 Å². The van der Waals surface area contributed by atoms with Gasteiger partial charge in [0, 0.05) is 0 Å². The highest BCUT2D eigenvalue weighted by atomic mass is 16.5. The molecule has 4 aromatic rings. The van der Waals surface area contributed by atoms with Gasteiger partial charge in [-0.1, -0.05) is 47.6 Å². The molecule has 0 bridgehead atoms. The first-order valence-corrected chi connectivity index (χ1v) is 10.6. The number of benzene rings is 3. The first-order chi connectivity index (χ1) is 15.6. The summed E-state index contributed by atoms with van der Waals surface area (Å²) in [6.07, 6.45) is 0.306. The van der Waals surface area contributed by atoms with Gasteiger partial charge in [-0.3, -0.25) is 4.79 Å². The predicted molar refractivity (Wildman–Crippen MR) is 123 cm³/mol. The number of rotatable bonds is 9. The second kappa shape index (κ2) is 10.0. The van der Waals surface area contributed by atoms with Crippen LogP contribution in [0, 0.1) is 13.8 Å². The van der Waals surface area contributed by atoms with Crippen LogP contribution in [0.2, 0.25) is 0 Å². The van der Waals surface area contributed by atoms with E-state index in [0.717, 1.165) is 39.5 Å². The Bertz CT molecular complexity index is 1180. The van der Waals surface area contributed by atoms with Crippen molar-refractivity contribution < 1.29 is 18.8 Å². The first kappa shape index (κ1) is 21.4. The quantitative estimate of drug-likeness (QED) is 0.388. The van der Waals surface area contributed by atoms with Crippen molar-refractivity contribution in [3.63, 3.8) is 0 Å². The molecular formula is C26H26N2O4. The van der Waals surface area contributed by atoms with Gasteiger partial charge in [0.25, 0.3) is 0 Å². The molecule has 6 nitrogen and oxygen atoms in total. The van der Waals surface area contributed by atoms with E-state index in [0.29, 0.717) is 26.2 Å². The summed E-state index contributed by atoms with van der Waals surface area (Å²) in [7, 11) is 0. The zero-order valence-corrected chi connectivity index (χ0v) is 18.3. The number of aromatic nitrogens is 1. The van der Waals surface area contributed by atoms with Crippen LogP contribution in [-0.4, -0.2) is 24.2 Å². The van der Waals surface area contributed by atoms with Gasteiger partial charge in [-0.2, -0.15) is 0 Å². The molecule has 1 aromatic heterocycles. The van der Waals surface area contributed by atoms with Crippen molar-refractivity contribution in [3.05, 3.63) is 89.3 Å². The van der Waals surface area contributed by atoms with Crippen LogP contribution in [0.3, 0.4) is 0 Å². The van der Waals surface area contributed by atoms with E-state index >= 15 is 0 Å². The fourth-order valence-electron chi connectivity index (χ4n) is 3.43. The van der Waals surface area contributed by atoms with E-state index in [1.165, 1.54) is 5.39 Å². The van der Waals surface area contributed by atoms with Crippen molar-refractivity contribution in [1.82, 2.24) is 10.5 Å². The van der Waals surface area contributed by atoms with Gasteiger partial charge in [0.1, 0.15) is 30.5 Å². The van der Waals surface area contributed by atoms with Crippen LogP contribution in [0.25, 0.3) is 10.8 Å². The number of amides is 1. The van der Waals surface area contributed by atoms with Crippen molar-refractivity contribution in [3.8, 4) is 11.5 Å². The standard InChI is InChI=1S/C26H26N2O4/c1-18-25(19(2)32-28-18)17-31-23-10-7-20(8-11-23)15-26(29)27-13-14-30-24-12-9-21-5-3-4-6-22(21)16-24/h3-12,16H,13-15,17H2,1-2H3,(H,27,29). The number of nitrogens with one attached hydrogen (secondary N) is 1. The normalized spacial score (nSPS) is 10.8. The summed E-state index contributed by atoms with van der Waals surface area (Å²) in [6, 6.07) is 21.6. The number of nitrogens with zero attached hydrogens (tertiary/aromatic N) is 1. The van der Waals surface area contributed by atoms with E-state index < -0.39 is 0 Å². The van der Waals surface area contributed by atoms with Crippen molar-refractivity contribution in [2.24, 2.45) is 0 Å². The number of carbonyl (C=O) groups is 1. The molecule has 0 saturated carbocycles. The van der Waals surface area contributed by atoms with Crippen molar-refractivity contribution >= 4 is 16.7 Å². The van der Waals surface area contributed by atoms with Crippen LogP contribution < -0.4 is 14.8 Å². The fraction of sp³-hybridized carbons (Fsp3) is 0.231. The van der Waals surface area contributed by atoms with Crippen LogP contribution >= 0.6 is 0 Å². The predicted octanol–water partition coefficient (Wildman–Crippen LogP) is 4.76. The second-order valence-corrected chi connectivity index (χ2v) is 7.62. The Morgan fingerprint density at radius 2 is 1.69 bits per heavy atom. The summed E-state index contributed by atoms with van der Waals surface area (Å²) < 4.78 is 16.7. The minimum absolute atomic E-state index is 0.0449. The molecule has 0 radical (unpaired) electrons. The minimum atomic E-state index is -0.0449. The Morgan fingerprint density at radius 3 is 2.44 bits per heavy atom. The maximum Gasteiger partial charge on any atom is 0.224 e. The average Bonchev–Trinajstić information content (AvgIpc) is 3.13. The Morgan fingerprint density at radius 1 is 0.938 bits per heavy atom. The number of hydrogen-bond acceptors (Lipinski definition) is 5. The fourth-order valence-corrected chi connectivity index (χ4v) is 3.43. The largest absolute Gasteiger partial charge is 0.492 e. The zero-order valence-electron chi connectivity index (χ0n) is 18.3. The molecule has 1 amide bonds. The molecule has 0 unspecified atom stereocenters. The van der Waals surface area contributed by atoms with Crippen LogP contribution in [0.5, 0.6) is 11.5 Å². The van der Waals surface area contributed by atoms with Crippen molar-refractivity contribution in [1.29, 1.82) is 0 Å². The molecule has 0 spiro atoms. The van der Waals surface area contributed by atoms with E-state index in [9.17, 15) is 4.79 Å². The molecule has 0 fully saturated rings. The first-order valence-electron chi connectivity index (χ1n) is 10.6. The molecule has 0 atom stereocenters. The third kappa shape index (κ3) is 5.46. The lowest BCUT2D eigenvalue weighted by Gasteiger charge is -2.09. The molecular weight excluding hydrogens is 404 g/mol. The smallest absolute Gasteiger partial charge is 0.224 e. The molecule has 3 aromatic carbocycles. The highest BCUT2D eigenvalue weighted by Gasteiger charge is 2.10. The summed E-state index contributed by atoms with van der Waals surface area (Å²) in [4.78, 5) is 12.2. The van der Waals surface area contributed by atoms with Crippen LogP contribution in [0.1, 0.15) is 22.6 Å². The van der Waals surface area contributed by atoms with Crippen LogP contribution in [-0.2, 0) is 17.8 Å². The highest BCUT2D eigenvalue weighted by Crippen LogP contribution is 2.20. The Kier molecular flexibility index (Phi) is 6.70. The van der Waals surface area contributed by atoms with E-state index in [1.54, 1.807) is 0 Å². The second-order valence-electron chi connectivity index (χ2n) is 7.62. The summed E-state index contributed by atoms with van der Waals surface area (Å²) in [5.41, 5.74) is 2.71. The minimum Gasteiger partial charge on any atom is -0.492 e. The molecule has 4 rings (SSSR count). The van der Waals surface area contributed by atoms with Gasteiger partial charge in [0.15, 0.2) is 0 Å². The van der Waals surface area contributed by atoms with Crippen LogP contribution in [0.15, 0.2) is 71.3 Å². The van der Waals surface area contributed by atoms with Crippen molar-refractivity contribution in [2.45, 2.75) is 26.9 Å². The third-order valence-electron chi connectivity index (χ3n) is 5.27. The van der Waals surface area contributed by atoms with Crippen LogP contribution in [0.4, 0.5) is 0 Å². The summed E-state index contributed by atoms with van der Waals surface area (Å²) in [5.74, 6) is 2.25. The van der Waals surface area contributed by atoms with E-state index in [2.05, 4.69) is 22.6 Å². The summed E-state index contributed by atoms with van der Waals surface area (Å²) in [6.45, 7) is 5.03. The van der Waals surface area contributed by atoms with Gasteiger partial charge in [-0.05, 0) is 54.4 Å². The Labute approximate surface area is 187 Å². The third-order valence-corrected chi connectivity index (χ3v) is 5.27. The van der Waals surface area contributed by atoms with E-state index in [4.69, 9.17) is 14.0 Å². The number of ether oxygens (including phenoxy) is 2. The number of carbonyl (C=O) groups excluding carboxylic acids is 1. The zero-order chi connectivity index (χ0) is 22.3. The molecule has 1 N–H and O–H groups in total. The van der Waals surface area contributed by atoms with Gasteiger partial charge < -0.3 is 19.3 Å². The van der Waals surface area contributed by atoms with Crippen molar-refractivity contribution in [2.75, 3.05) is 13.2 Å². The Hall–Kier alpha value is -3.80. The number of hydrogen-bond donors (Lipinski definition) is 1. The van der Waals surface area contributed by atoms with E-state index in [-0.39, 0.29) is 5.91 Å². The Balaban J connectivity index is 1.19. The molecule has 164 valence electrons. The molecule has 0 aliphatic heterocycles. The summed E-state index contributed by atoms with van der Waals surface area (Å²) in [5, 5.41) is 9.13. The monoisotopic (exact) mass is 430 g/mol. The van der Waals surface area contributed by atoms with Gasteiger partial charge in [-0.15, -0.1) is 0 Å². The maximum atomic E-state index is 12.2. The molecule has 6 heteroatoms. The SMILES string of the molecule is Cc1noc(C)c1COc1ccc(CC(=O)NCCOc2ccc3ccccc3c2)cc1.